The van der Waals surface area contributed by atoms with Gasteiger partial charge in [-0.05, 0) is 30.9 Å². The number of nitrogens with zero attached hydrogens (tertiary/aromatic N) is 1. The van der Waals surface area contributed by atoms with E-state index in [1.165, 1.54) is 0 Å². The first kappa shape index (κ1) is 16.5. The molecule has 1 aliphatic heterocycles. The van der Waals surface area contributed by atoms with Crippen molar-refractivity contribution in [2.45, 2.75) is 31.4 Å². The van der Waals surface area contributed by atoms with E-state index in [0.29, 0.717) is 13.2 Å². The van der Waals surface area contributed by atoms with Gasteiger partial charge in [0.1, 0.15) is 5.60 Å². The summed E-state index contributed by atoms with van der Waals surface area (Å²) in [4.78, 5) is 14.0. The number of benzene rings is 2. The Morgan fingerprint density at radius 3 is 2.17 bits per heavy atom. The minimum Gasteiger partial charge on any atom is -0.450 e. The molecule has 0 radical (unpaired) electrons. The van der Waals surface area contributed by atoms with Crippen LogP contribution in [0, 0.1) is 0 Å². The van der Waals surface area contributed by atoms with Crippen LogP contribution in [-0.4, -0.2) is 35.3 Å². The Kier molecular flexibility index (Phi) is 4.86. The lowest BCUT2D eigenvalue weighted by molar-refractivity contribution is -0.00483. The summed E-state index contributed by atoms with van der Waals surface area (Å²) in [5.41, 5.74) is 0.320. The molecule has 24 heavy (non-hydrogen) atoms. The summed E-state index contributed by atoms with van der Waals surface area (Å²) >= 11 is 0. The van der Waals surface area contributed by atoms with Crippen molar-refractivity contribution in [2.75, 3.05) is 13.2 Å². The topological polar surface area (TPSA) is 49.8 Å². The number of hydrogen-bond donors (Lipinski definition) is 1. The van der Waals surface area contributed by atoms with Gasteiger partial charge in [0.25, 0.3) is 0 Å². The molecule has 1 N–H and O–H groups in total. The lowest BCUT2D eigenvalue weighted by atomic mass is 9.79. The molecule has 0 unspecified atom stereocenters. The number of carbonyl (C=O) groups excluding carboxylic acids is 1. The third kappa shape index (κ3) is 2.89. The number of likely N-dealkylation sites (tertiary alicyclic amines) is 1. The zero-order valence-corrected chi connectivity index (χ0v) is 13.9. The van der Waals surface area contributed by atoms with E-state index in [1.54, 1.807) is 11.8 Å². The lowest BCUT2D eigenvalue weighted by Gasteiger charge is -2.39. The van der Waals surface area contributed by atoms with Crippen LogP contribution in [0.2, 0.25) is 0 Å². The van der Waals surface area contributed by atoms with Gasteiger partial charge in [-0.25, -0.2) is 4.79 Å². The average Bonchev–Trinajstić information content (AvgIpc) is 3.13. The van der Waals surface area contributed by atoms with E-state index in [9.17, 15) is 9.90 Å². The van der Waals surface area contributed by atoms with Gasteiger partial charge in [-0.2, -0.15) is 0 Å². The molecule has 1 fully saturated rings. The van der Waals surface area contributed by atoms with Gasteiger partial charge in [0.15, 0.2) is 0 Å². The highest BCUT2D eigenvalue weighted by atomic mass is 16.6. The van der Waals surface area contributed by atoms with Crippen molar-refractivity contribution in [1.82, 2.24) is 4.90 Å². The average molecular weight is 325 g/mol. The van der Waals surface area contributed by atoms with Crippen molar-refractivity contribution in [3.8, 4) is 0 Å². The first-order valence-electron chi connectivity index (χ1n) is 8.44. The van der Waals surface area contributed by atoms with Gasteiger partial charge < -0.3 is 14.7 Å². The van der Waals surface area contributed by atoms with Crippen LogP contribution in [0.5, 0.6) is 0 Å². The van der Waals surface area contributed by atoms with E-state index in [-0.39, 0.29) is 12.1 Å². The zero-order valence-electron chi connectivity index (χ0n) is 13.9. The summed E-state index contributed by atoms with van der Waals surface area (Å²) in [5.74, 6) is 0. The fraction of sp³-hybridized carbons (Fsp3) is 0.350. The van der Waals surface area contributed by atoms with Crippen LogP contribution in [0.1, 0.15) is 30.9 Å². The number of amides is 1. The normalized spacial score (nSPS) is 17.8. The molecule has 1 saturated heterocycles. The molecule has 4 nitrogen and oxygen atoms in total. The van der Waals surface area contributed by atoms with Gasteiger partial charge in [-0.1, -0.05) is 60.7 Å². The number of aliphatic hydroxyl groups is 1. The maximum atomic E-state index is 12.4. The van der Waals surface area contributed by atoms with Crippen LogP contribution in [-0.2, 0) is 10.3 Å². The van der Waals surface area contributed by atoms with Gasteiger partial charge >= 0.3 is 6.09 Å². The van der Waals surface area contributed by atoms with E-state index in [1.807, 2.05) is 60.7 Å². The van der Waals surface area contributed by atoms with Crippen LogP contribution < -0.4 is 0 Å². The largest absolute Gasteiger partial charge is 0.450 e. The van der Waals surface area contributed by atoms with Gasteiger partial charge in [0.05, 0.1) is 12.6 Å². The Hall–Kier alpha value is -2.33. The number of rotatable bonds is 4. The SMILES string of the molecule is CCOC(=O)N1CCC[C@@H]1C(O)(c1ccccc1)c1ccccc1. The van der Waals surface area contributed by atoms with Crippen LogP contribution in [0.4, 0.5) is 4.79 Å². The summed E-state index contributed by atoms with van der Waals surface area (Å²) in [6.07, 6.45) is 1.23. The summed E-state index contributed by atoms with van der Waals surface area (Å²) in [6.45, 7) is 2.73. The molecular weight excluding hydrogens is 302 g/mol. The van der Waals surface area contributed by atoms with E-state index >= 15 is 0 Å². The summed E-state index contributed by atoms with van der Waals surface area (Å²) < 4.78 is 5.20. The fourth-order valence-corrected chi connectivity index (χ4v) is 3.56. The predicted molar refractivity (Wildman–Crippen MR) is 92.6 cm³/mol. The minimum absolute atomic E-state index is 0.331. The van der Waals surface area contributed by atoms with Crippen molar-refractivity contribution in [2.24, 2.45) is 0 Å². The van der Waals surface area contributed by atoms with Crippen molar-refractivity contribution in [3.05, 3.63) is 71.8 Å². The molecule has 0 spiro atoms. The molecule has 0 aliphatic carbocycles. The molecule has 1 amide bonds. The monoisotopic (exact) mass is 325 g/mol. The smallest absolute Gasteiger partial charge is 0.410 e. The third-order valence-corrected chi connectivity index (χ3v) is 4.67. The van der Waals surface area contributed by atoms with Crippen molar-refractivity contribution in [3.63, 3.8) is 0 Å². The molecule has 1 heterocycles. The second-order valence-corrected chi connectivity index (χ2v) is 6.05. The minimum atomic E-state index is -1.26. The van der Waals surface area contributed by atoms with Crippen LogP contribution in [0.25, 0.3) is 0 Å². The molecule has 2 aromatic carbocycles. The molecule has 3 rings (SSSR count). The van der Waals surface area contributed by atoms with Gasteiger partial charge in [0, 0.05) is 6.54 Å². The van der Waals surface area contributed by atoms with Gasteiger partial charge in [-0.15, -0.1) is 0 Å². The third-order valence-electron chi connectivity index (χ3n) is 4.67. The highest BCUT2D eigenvalue weighted by molar-refractivity contribution is 5.69. The fourth-order valence-electron chi connectivity index (χ4n) is 3.56. The molecule has 0 aromatic heterocycles. The van der Waals surface area contributed by atoms with Crippen LogP contribution in [0.15, 0.2) is 60.7 Å². The molecule has 1 aliphatic rings. The molecule has 0 saturated carbocycles. The second kappa shape index (κ2) is 7.05. The summed E-state index contributed by atoms with van der Waals surface area (Å²) in [5, 5.41) is 11.8. The highest BCUT2D eigenvalue weighted by Crippen LogP contribution is 2.40. The number of hydrogen-bond acceptors (Lipinski definition) is 3. The summed E-state index contributed by atoms with van der Waals surface area (Å²) in [6, 6.07) is 18.8. The van der Waals surface area contributed by atoms with Crippen molar-refractivity contribution in [1.29, 1.82) is 0 Å². The first-order chi connectivity index (χ1) is 11.7. The van der Waals surface area contributed by atoms with Crippen molar-refractivity contribution >= 4 is 6.09 Å². The first-order valence-corrected chi connectivity index (χ1v) is 8.44. The Balaban J connectivity index is 2.07. The quantitative estimate of drug-likeness (QED) is 0.935. The second-order valence-electron chi connectivity index (χ2n) is 6.05. The molecule has 126 valence electrons. The zero-order chi connectivity index (χ0) is 17.0. The Morgan fingerprint density at radius 1 is 1.12 bits per heavy atom. The predicted octanol–water partition coefficient (Wildman–Crippen LogP) is 3.54. The van der Waals surface area contributed by atoms with E-state index in [4.69, 9.17) is 4.74 Å². The maximum absolute atomic E-state index is 12.4. The maximum Gasteiger partial charge on any atom is 0.410 e. The van der Waals surface area contributed by atoms with Crippen LogP contribution in [0.3, 0.4) is 0 Å². The summed E-state index contributed by atoms with van der Waals surface area (Å²) in [7, 11) is 0. The van der Waals surface area contributed by atoms with Gasteiger partial charge in [-0.3, -0.25) is 0 Å². The Bertz CT molecular complexity index is 632. The highest BCUT2D eigenvalue weighted by Gasteiger charge is 2.47. The number of carbonyl (C=O) groups is 1. The van der Waals surface area contributed by atoms with E-state index in [0.717, 1.165) is 24.0 Å². The standard InChI is InChI=1S/C20H23NO3/c1-2-24-19(22)21-15-9-14-18(21)20(23,16-10-5-3-6-11-16)17-12-7-4-8-13-17/h3-8,10-13,18,23H,2,9,14-15H2,1H3/t18-/m1/s1. The molecule has 0 bridgehead atoms. The Labute approximate surface area is 142 Å². The Morgan fingerprint density at radius 2 is 1.67 bits per heavy atom. The molecule has 1 atom stereocenters. The van der Waals surface area contributed by atoms with Gasteiger partial charge in [0.2, 0.25) is 0 Å². The van der Waals surface area contributed by atoms with Crippen LogP contribution >= 0.6 is 0 Å². The molecular formula is C20H23NO3. The number of ether oxygens (including phenoxy) is 1. The molecule has 2 aromatic rings. The lowest BCUT2D eigenvalue weighted by Crippen LogP contribution is -2.50. The van der Waals surface area contributed by atoms with Crippen molar-refractivity contribution < 1.29 is 14.6 Å². The molecule has 4 heteroatoms. The van der Waals surface area contributed by atoms with E-state index < -0.39 is 5.60 Å². The van der Waals surface area contributed by atoms with E-state index in [2.05, 4.69) is 0 Å².